The van der Waals surface area contributed by atoms with Crippen LogP contribution in [0.25, 0.3) is 0 Å². The Kier molecular flexibility index (Phi) is 43.4. The van der Waals surface area contributed by atoms with Gasteiger partial charge in [-0.3, -0.25) is 18.6 Å². The minimum absolute atomic E-state index is 0.147. The van der Waals surface area contributed by atoms with Gasteiger partial charge < -0.3 is 24.6 Å². The predicted molar refractivity (Wildman–Crippen MR) is 247 cm³/mol. The third-order valence-electron chi connectivity index (χ3n) is 10.2. The lowest BCUT2D eigenvalue weighted by Gasteiger charge is -2.20. The van der Waals surface area contributed by atoms with Gasteiger partial charge in [0, 0.05) is 12.8 Å². The van der Waals surface area contributed by atoms with Crippen molar-refractivity contribution in [2.24, 2.45) is 0 Å². The zero-order valence-corrected chi connectivity index (χ0v) is 39.1. The molecule has 0 rings (SSSR count). The van der Waals surface area contributed by atoms with Crippen LogP contribution in [0.15, 0.2) is 48.6 Å². The summed E-state index contributed by atoms with van der Waals surface area (Å²) in [5.74, 6) is -0.954. The molecular formula is C49H89O10P. The summed E-state index contributed by atoms with van der Waals surface area (Å²) in [5.41, 5.74) is 0. The van der Waals surface area contributed by atoms with Crippen LogP contribution in [0.4, 0.5) is 0 Å². The van der Waals surface area contributed by atoms with Crippen LogP contribution in [-0.4, -0.2) is 65.7 Å². The number of phosphoric acid groups is 1. The second kappa shape index (κ2) is 45.0. The minimum Gasteiger partial charge on any atom is -0.462 e. The lowest BCUT2D eigenvalue weighted by Crippen LogP contribution is -2.29. The molecule has 11 heteroatoms. The molecule has 0 aromatic carbocycles. The first-order chi connectivity index (χ1) is 29.2. The quantitative estimate of drug-likeness (QED) is 0.0234. The van der Waals surface area contributed by atoms with Crippen LogP contribution in [0.3, 0.4) is 0 Å². The summed E-state index contributed by atoms with van der Waals surface area (Å²) in [6.07, 6.45) is 49.3. The van der Waals surface area contributed by atoms with E-state index in [1.807, 2.05) is 0 Å². The Morgan fingerprint density at radius 3 is 1.33 bits per heavy atom. The van der Waals surface area contributed by atoms with Crippen molar-refractivity contribution in [1.82, 2.24) is 0 Å². The highest BCUT2D eigenvalue weighted by atomic mass is 31.2. The number of ether oxygens (including phenoxy) is 2. The van der Waals surface area contributed by atoms with Gasteiger partial charge in [-0.2, -0.15) is 0 Å². The Hall–Kier alpha value is -2.07. The SMILES string of the molecule is CCCCC/C=C\C/C=C\C/C=C\C/C=C\CCCCCC(=O)O[C@H](COC(=O)CCCCCCCCCCCCCCCCCCCC)COP(=O)(O)OC[C@@H](O)CO. The van der Waals surface area contributed by atoms with Crippen LogP contribution >= 0.6 is 7.82 Å². The summed E-state index contributed by atoms with van der Waals surface area (Å²) in [4.78, 5) is 35.1. The number of rotatable bonds is 45. The summed E-state index contributed by atoms with van der Waals surface area (Å²) in [5, 5.41) is 18.4. The Morgan fingerprint density at radius 2 is 0.867 bits per heavy atom. The van der Waals surface area contributed by atoms with E-state index >= 15 is 0 Å². The Labute approximate surface area is 366 Å². The lowest BCUT2D eigenvalue weighted by atomic mass is 10.0. The Morgan fingerprint density at radius 1 is 0.500 bits per heavy atom. The molecule has 0 bridgehead atoms. The van der Waals surface area contributed by atoms with Crippen molar-refractivity contribution < 1.29 is 47.8 Å². The van der Waals surface area contributed by atoms with Gasteiger partial charge >= 0.3 is 19.8 Å². The first-order valence-electron chi connectivity index (χ1n) is 24.1. The summed E-state index contributed by atoms with van der Waals surface area (Å²) in [7, 11) is -4.63. The van der Waals surface area contributed by atoms with Crippen molar-refractivity contribution in [1.29, 1.82) is 0 Å². The number of phosphoric ester groups is 1. The van der Waals surface area contributed by atoms with Crippen LogP contribution in [0.5, 0.6) is 0 Å². The van der Waals surface area contributed by atoms with E-state index in [0.29, 0.717) is 12.8 Å². The average Bonchev–Trinajstić information content (AvgIpc) is 3.24. The van der Waals surface area contributed by atoms with Crippen molar-refractivity contribution in [3.05, 3.63) is 48.6 Å². The fourth-order valence-electron chi connectivity index (χ4n) is 6.51. The maximum absolute atomic E-state index is 12.6. The molecule has 1 unspecified atom stereocenters. The van der Waals surface area contributed by atoms with Gasteiger partial charge in [-0.15, -0.1) is 0 Å². The number of carbonyl (C=O) groups is 2. The molecule has 0 heterocycles. The molecular weight excluding hydrogens is 780 g/mol. The van der Waals surface area contributed by atoms with Crippen LogP contribution < -0.4 is 0 Å². The van der Waals surface area contributed by atoms with Crippen LogP contribution in [0.1, 0.15) is 213 Å². The standard InChI is InChI=1S/C49H89O10P/c1-3-5-7-9-11-13-15-17-19-21-23-25-27-29-31-33-35-37-39-41-49(53)59-47(45-58-60(54,55)57-43-46(51)42-50)44-56-48(52)40-38-36-34-32-30-28-26-24-22-20-18-16-14-12-10-8-6-4-2/h11,13,17,19,23,25,29,31,46-47,50-51H,3-10,12,14-16,18,20-22,24,26-28,30,32-45H2,1-2H3,(H,54,55)/b13-11-,19-17-,25-23-,31-29-/t46-,47+/m0/s1. The van der Waals surface area contributed by atoms with Crippen LogP contribution in [-0.2, 0) is 32.7 Å². The molecule has 0 amide bonds. The molecule has 0 aliphatic rings. The number of aliphatic hydroxyl groups is 2. The average molecular weight is 869 g/mol. The molecule has 0 aliphatic carbocycles. The first kappa shape index (κ1) is 57.9. The monoisotopic (exact) mass is 869 g/mol. The van der Waals surface area contributed by atoms with Gasteiger partial charge in [0.15, 0.2) is 6.10 Å². The van der Waals surface area contributed by atoms with Gasteiger partial charge in [0.1, 0.15) is 12.7 Å². The highest BCUT2D eigenvalue weighted by Crippen LogP contribution is 2.43. The van der Waals surface area contributed by atoms with E-state index in [0.717, 1.165) is 57.8 Å². The van der Waals surface area contributed by atoms with Crippen LogP contribution in [0, 0.1) is 0 Å². The first-order valence-corrected chi connectivity index (χ1v) is 25.6. The van der Waals surface area contributed by atoms with Crippen LogP contribution in [0.2, 0.25) is 0 Å². The highest BCUT2D eigenvalue weighted by molar-refractivity contribution is 7.47. The summed E-state index contributed by atoms with van der Waals surface area (Å²) in [6, 6.07) is 0. The molecule has 0 aliphatic heterocycles. The lowest BCUT2D eigenvalue weighted by molar-refractivity contribution is -0.161. The predicted octanol–water partition coefficient (Wildman–Crippen LogP) is 13.3. The third-order valence-corrected chi connectivity index (χ3v) is 11.2. The largest absolute Gasteiger partial charge is 0.472 e. The molecule has 3 atom stereocenters. The molecule has 350 valence electrons. The van der Waals surface area contributed by atoms with Crippen molar-refractivity contribution >= 4 is 19.8 Å². The number of carbonyl (C=O) groups excluding carboxylic acids is 2. The van der Waals surface area contributed by atoms with Crippen molar-refractivity contribution in [3.63, 3.8) is 0 Å². The molecule has 0 saturated carbocycles. The molecule has 0 aromatic heterocycles. The normalized spacial score (nSPS) is 14.2. The number of aliphatic hydroxyl groups excluding tert-OH is 2. The van der Waals surface area contributed by atoms with Crippen molar-refractivity contribution in [3.8, 4) is 0 Å². The van der Waals surface area contributed by atoms with Crippen molar-refractivity contribution in [2.75, 3.05) is 26.4 Å². The van der Waals surface area contributed by atoms with Gasteiger partial charge in [-0.1, -0.05) is 191 Å². The molecule has 3 N–H and O–H groups in total. The number of hydrogen-bond donors (Lipinski definition) is 3. The molecule has 0 aromatic rings. The number of unbranched alkanes of at least 4 members (excludes halogenated alkanes) is 23. The smallest absolute Gasteiger partial charge is 0.462 e. The maximum atomic E-state index is 12.6. The molecule has 60 heavy (non-hydrogen) atoms. The summed E-state index contributed by atoms with van der Waals surface area (Å²) < 4.78 is 32.8. The zero-order valence-electron chi connectivity index (χ0n) is 38.2. The Bertz CT molecular complexity index is 1140. The van der Waals surface area contributed by atoms with E-state index < -0.39 is 51.8 Å². The van der Waals surface area contributed by atoms with Gasteiger partial charge in [-0.05, 0) is 57.8 Å². The van der Waals surface area contributed by atoms with E-state index in [9.17, 15) is 24.2 Å². The van der Waals surface area contributed by atoms with Gasteiger partial charge in [-0.25, -0.2) is 4.57 Å². The van der Waals surface area contributed by atoms with E-state index in [4.69, 9.17) is 23.6 Å². The molecule has 0 saturated heterocycles. The molecule has 0 spiro atoms. The van der Waals surface area contributed by atoms with Gasteiger partial charge in [0.05, 0.1) is 19.8 Å². The number of esters is 2. The molecule has 10 nitrogen and oxygen atoms in total. The van der Waals surface area contributed by atoms with E-state index in [2.05, 4.69) is 62.5 Å². The third kappa shape index (κ3) is 44.0. The maximum Gasteiger partial charge on any atom is 0.472 e. The highest BCUT2D eigenvalue weighted by Gasteiger charge is 2.27. The van der Waals surface area contributed by atoms with Crippen molar-refractivity contribution in [2.45, 2.75) is 225 Å². The second-order valence-electron chi connectivity index (χ2n) is 16.1. The van der Waals surface area contributed by atoms with E-state index in [-0.39, 0.29) is 19.4 Å². The molecule has 0 radical (unpaired) electrons. The number of allylic oxidation sites excluding steroid dienone is 8. The zero-order chi connectivity index (χ0) is 44.0. The minimum atomic E-state index is -4.63. The fraction of sp³-hybridized carbons (Fsp3) is 0.796. The van der Waals surface area contributed by atoms with Gasteiger partial charge in [0.25, 0.3) is 0 Å². The Balaban J connectivity index is 4.28. The second-order valence-corrected chi connectivity index (χ2v) is 17.6. The topological polar surface area (TPSA) is 149 Å². The summed E-state index contributed by atoms with van der Waals surface area (Å²) in [6.45, 7) is 2.34. The van der Waals surface area contributed by atoms with Gasteiger partial charge in [0.2, 0.25) is 0 Å². The van der Waals surface area contributed by atoms with E-state index in [1.165, 1.54) is 116 Å². The van der Waals surface area contributed by atoms with E-state index in [1.54, 1.807) is 0 Å². The molecule has 0 fully saturated rings. The fourth-order valence-corrected chi connectivity index (χ4v) is 7.30. The number of hydrogen-bond acceptors (Lipinski definition) is 9. The summed E-state index contributed by atoms with van der Waals surface area (Å²) >= 11 is 0.